The number of fused-ring (bicyclic) bond motifs is 1. The van der Waals surface area contributed by atoms with Crippen LogP contribution in [0, 0.1) is 0 Å². The third kappa shape index (κ3) is 4.00. The summed E-state index contributed by atoms with van der Waals surface area (Å²) in [6.07, 6.45) is 7.92. The van der Waals surface area contributed by atoms with Gasteiger partial charge in [-0.1, -0.05) is 0 Å². The lowest BCUT2D eigenvalue weighted by Crippen LogP contribution is -2.37. The number of rotatable bonds is 4. The molecule has 3 aromatic rings. The van der Waals surface area contributed by atoms with Crippen LogP contribution in [0.15, 0.2) is 24.7 Å². The molecule has 0 radical (unpaired) electrons. The second kappa shape index (κ2) is 8.26. The quantitative estimate of drug-likeness (QED) is 0.601. The predicted octanol–water partition coefficient (Wildman–Crippen LogP) is 0.744. The standard InChI is InChI=1S/C20H26N8O3S/c1-32(29,30)27-4-2-14(3-5-27)18-13-22-19-17(26-6-8-31-9-7-26)10-16(25-28(18)19)15-11-23-20(21)24-12-15/h10-14H,2-9H2,1H3,(H2,21,23,24). The molecule has 11 nitrogen and oxygen atoms in total. The number of nitrogens with two attached hydrogens (primary N) is 1. The average molecular weight is 459 g/mol. The van der Waals surface area contributed by atoms with Crippen LogP contribution in [0.5, 0.6) is 0 Å². The smallest absolute Gasteiger partial charge is 0.219 e. The zero-order chi connectivity index (χ0) is 22.3. The molecule has 5 rings (SSSR count). The molecule has 0 amide bonds. The van der Waals surface area contributed by atoms with Crippen LogP contribution < -0.4 is 10.6 Å². The summed E-state index contributed by atoms with van der Waals surface area (Å²) in [6.45, 7) is 3.86. The summed E-state index contributed by atoms with van der Waals surface area (Å²) >= 11 is 0. The summed E-state index contributed by atoms with van der Waals surface area (Å²) in [7, 11) is -3.18. The molecular weight excluding hydrogens is 432 g/mol. The summed E-state index contributed by atoms with van der Waals surface area (Å²) in [6, 6.07) is 2.01. The number of aromatic nitrogens is 5. The molecule has 2 aliphatic heterocycles. The van der Waals surface area contributed by atoms with Crippen molar-refractivity contribution in [3.8, 4) is 11.3 Å². The lowest BCUT2D eigenvalue weighted by Gasteiger charge is -2.30. The second-order valence-corrected chi connectivity index (χ2v) is 10.2. The molecule has 3 aromatic heterocycles. The number of piperidine rings is 1. The van der Waals surface area contributed by atoms with Gasteiger partial charge >= 0.3 is 0 Å². The van der Waals surface area contributed by atoms with Crippen molar-refractivity contribution in [2.24, 2.45) is 0 Å². The van der Waals surface area contributed by atoms with E-state index in [9.17, 15) is 8.42 Å². The molecule has 0 bridgehead atoms. The van der Waals surface area contributed by atoms with Gasteiger partial charge in [0.25, 0.3) is 0 Å². The van der Waals surface area contributed by atoms with Crippen molar-refractivity contribution in [2.75, 3.05) is 56.3 Å². The van der Waals surface area contributed by atoms with E-state index in [2.05, 4.69) is 14.9 Å². The predicted molar refractivity (Wildman–Crippen MR) is 120 cm³/mol. The lowest BCUT2D eigenvalue weighted by atomic mass is 9.95. The number of imidazole rings is 1. The zero-order valence-electron chi connectivity index (χ0n) is 17.9. The molecule has 0 aromatic carbocycles. The second-order valence-electron chi connectivity index (χ2n) is 8.20. The fourth-order valence-electron chi connectivity index (χ4n) is 4.38. The lowest BCUT2D eigenvalue weighted by molar-refractivity contribution is 0.123. The van der Waals surface area contributed by atoms with Crippen molar-refractivity contribution in [1.82, 2.24) is 28.9 Å². The van der Waals surface area contributed by atoms with Crippen molar-refractivity contribution in [3.63, 3.8) is 0 Å². The van der Waals surface area contributed by atoms with Gasteiger partial charge in [-0.2, -0.15) is 5.10 Å². The Morgan fingerprint density at radius 2 is 1.72 bits per heavy atom. The molecule has 12 heteroatoms. The first-order valence-electron chi connectivity index (χ1n) is 10.6. The van der Waals surface area contributed by atoms with Crippen LogP contribution in [-0.2, 0) is 14.8 Å². The van der Waals surface area contributed by atoms with Crippen LogP contribution >= 0.6 is 0 Å². The highest BCUT2D eigenvalue weighted by Crippen LogP contribution is 2.33. The van der Waals surface area contributed by atoms with Crippen molar-refractivity contribution < 1.29 is 13.2 Å². The topological polar surface area (TPSA) is 132 Å². The van der Waals surface area contributed by atoms with Gasteiger partial charge in [0, 0.05) is 50.1 Å². The fourth-order valence-corrected chi connectivity index (χ4v) is 5.25. The molecule has 2 fully saturated rings. The Balaban J connectivity index is 1.56. The molecule has 0 aliphatic carbocycles. The Bertz CT molecular complexity index is 1210. The summed E-state index contributed by atoms with van der Waals surface area (Å²) < 4.78 is 32.8. The Labute approximate surface area is 186 Å². The SMILES string of the molecule is CS(=O)(=O)N1CCC(c2cnc3c(N4CCOCC4)cc(-c4cnc(N)nc4)nn23)CC1. The maximum Gasteiger partial charge on any atom is 0.219 e. The van der Waals surface area contributed by atoms with Crippen LogP contribution in [0.4, 0.5) is 11.6 Å². The number of hydrogen-bond donors (Lipinski definition) is 1. The molecule has 0 spiro atoms. The van der Waals surface area contributed by atoms with Crippen molar-refractivity contribution in [1.29, 1.82) is 0 Å². The van der Waals surface area contributed by atoms with E-state index in [-0.39, 0.29) is 11.9 Å². The molecule has 5 heterocycles. The van der Waals surface area contributed by atoms with Crippen LogP contribution in [0.2, 0.25) is 0 Å². The molecule has 170 valence electrons. The van der Waals surface area contributed by atoms with E-state index in [0.717, 1.165) is 54.2 Å². The van der Waals surface area contributed by atoms with Crippen molar-refractivity contribution >= 4 is 27.3 Å². The minimum Gasteiger partial charge on any atom is -0.378 e. The van der Waals surface area contributed by atoms with E-state index < -0.39 is 10.0 Å². The Hall–Kier alpha value is -2.83. The van der Waals surface area contributed by atoms with Crippen LogP contribution in [0.1, 0.15) is 24.5 Å². The Morgan fingerprint density at radius 3 is 2.38 bits per heavy atom. The van der Waals surface area contributed by atoms with E-state index >= 15 is 0 Å². The molecule has 0 unspecified atom stereocenters. The molecular formula is C20H26N8O3S. The van der Waals surface area contributed by atoms with Gasteiger partial charge in [0.05, 0.1) is 42.7 Å². The summed E-state index contributed by atoms with van der Waals surface area (Å²) in [5.41, 5.74) is 9.91. The summed E-state index contributed by atoms with van der Waals surface area (Å²) in [4.78, 5) is 15.2. The van der Waals surface area contributed by atoms with Gasteiger partial charge in [-0.15, -0.1) is 0 Å². The number of morpholine rings is 1. The monoisotopic (exact) mass is 458 g/mol. The van der Waals surface area contributed by atoms with E-state index in [1.165, 1.54) is 10.6 Å². The first kappa shape index (κ1) is 21.0. The van der Waals surface area contributed by atoms with Gasteiger partial charge in [0.1, 0.15) is 0 Å². The normalized spacial score (nSPS) is 19.0. The van der Waals surface area contributed by atoms with Gasteiger partial charge in [0.2, 0.25) is 16.0 Å². The number of anilines is 2. The van der Waals surface area contributed by atoms with Crippen molar-refractivity contribution in [2.45, 2.75) is 18.8 Å². The molecule has 2 aliphatic rings. The highest BCUT2D eigenvalue weighted by Gasteiger charge is 2.29. The average Bonchev–Trinajstić information content (AvgIpc) is 3.23. The molecule has 0 saturated carbocycles. The number of ether oxygens (including phenoxy) is 1. The molecule has 2 saturated heterocycles. The summed E-state index contributed by atoms with van der Waals surface area (Å²) in [5.74, 6) is 0.384. The number of nitrogens with zero attached hydrogens (tertiary/aromatic N) is 7. The highest BCUT2D eigenvalue weighted by molar-refractivity contribution is 7.88. The number of sulfonamides is 1. The first-order chi connectivity index (χ1) is 15.4. The van der Waals surface area contributed by atoms with E-state index in [1.807, 2.05) is 16.8 Å². The highest BCUT2D eigenvalue weighted by atomic mass is 32.2. The molecule has 2 N–H and O–H groups in total. The molecule has 0 atom stereocenters. The summed E-state index contributed by atoms with van der Waals surface area (Å²) in [5, 5.41) is 4.88. The van der Waals surface area contributed by atoms with E-state index in [0.29, 0.717) is 26.3 Å². The third-order valence-corrected chi connectivity index (χ3v) is 7.44. The van der Waals surface area contributed by atoms with E-state index in [1.54, 1.807) is 12.4 Å². The first-order valence-corrected chi connectivity index (χ1v) is 12.5. The minimum atomic E-state index is -3.18. The third-order valence-electron chi connectivity index (χ3n) is 6.14. The Morgan fingerprint density at radius 1 is 1.03 bits per heavy atom. The van der Waals surface area contributed by atoms with Gasteiger partial charge in [0.15, 0.2) is 5.65 Å². The number of hydrogen-bond acceptors (Lipinski definition) is 9. The minimum absolute atomic E-state index is 0.172. The fraction of sp³-hybridized carbons (Fsp3) is 0.500. The van der Waals surface area contributed by atoms with Gasteiger partial charge in [-0.25, -0.2) is 32.2 Å². The number of nitrogen functional groups attached to an aromatic ring is 1. The van der Waals surface area contributed by atoms with Crippen LogP contribution in [0.25, 0.3) is 16.9 Å². The zero-order valence-corrected chi connectivity index (χ0v) is 18.7. The van der Waals surface area contributed by atoms with Gasteiger partial charge in [-0.05, 0) is 18.9 Å². The van der Waals surface area contributed by atoms with E-state index in [4.69, 9.17) is 20.6 Å². The largest absolute Gasteiger partial charge is 0.378 e. The maximum absolute atomic E-state index is 11.9. The van der Waals surface area contributed by atoms with Gasteiger partial charge in [-0.3, -0.25) is 0 Å². The van der Waals surface area contributed by atoms with Crippen LogP contribution in [-0.4, -0.2) is 82.9 Å². The van der Waals surface area contributed by atoms with Crippen LogP contribution in [0.3, 0.4) is 0 Å². The maximum atomic E-state index is 11.9. The van der Waals surface area contributed by atoms with Crippen molar-refractivity contribution in [3.05, 3.63) is 30.4 Å². The van der Waals surface area contributed by atoms with Gasteiger partial charge < -0.3 is 15.4 Å². The molecule has 32 heavy (non-hydrogen) atoms. The Kier molecular flexibility index (Phi) is 5.43.